The standard InChI is InChI=1S/C18H19FN2O5/c1-11-7-16(25-3)17(26-4)9-13(11)10-20(2)18(22)12-5-6-14(19)15(8-12)21(23)24/h5-9H,10H2,1-4H3. The molecule has 0 aromatic heterocycles. The van der Waals surface area contributed by atoms with Crippen molar-refractivity contribution in [1.82, 2.24) is 4.90 Å². The van der Waals surface area contributed by atoms with Gasteiger partial charge in [0.05, 0.1) is 19.1 Å². The summed E-state index contributed by atoms with van der Waals surface area (Å²) in [5.74, 6) is -0.324. The number of carbonyl (C=O) groups excluding carboxylic acids is 1. The zero-order valence-corrected chi connectivity index (χ0v) is 14.9. The molecule has 0 atom stereocenters. The fourth-order valence-electron chi connectivity index (χ4n) is 2.53. The molecular formula is C18H19FN2O5. The van der Waals surface area contributed by atoms with E-state index in [2.05, 4.69) is 0 Å². The number of nitro groups is 1. The van der Waals surface area contributed by atoms with Crippen LogP contribution in [0.3, 0.4) is 0 Å². The third kappa shape index (κ3) is 3.90. The van der Waals surface area contributed by atoms with E-state index in [9.17, 15) is 19.3 Å². The molecule has 26 heavy (non-hydrogen) atoms. The Hall–Kier alpha value is -3.16. The van der Waals surface area contributed by atoms with Gasteiger partial charge in [-0.15, -0.1) is 0 Å². The second-order valence-electron chi connectivity index (χ2n) is 5.72. The van der Waals surface area contributed by atoms with Crippen LogP contribution in [-0.4, -0.2) is 37.0 Å². The fraction of sp³-hybridized carbons (Fsp3) is 0.278. The first kappa shape index (κ1) is 19.2. The zero-order valence-electron chi connectivity index (χ0n) is 14.9. The first-order chi connectivity index (χ1) is 12.3. The molecular weight excluding hydrogens is 343 g/mol. The van der Waals surface area contributed by atoms with Crippen LogP contribution >= 0.6 is 0 Å². The number of halogens is 1. The van der Waals surface area contributed by atoms with Crippen molar-refractivity contribution in [2.45, 2.75) is 13.5 Å². The van der Waals surface area contributed by atoms with E-state index in [1.807, 2.05) is 6.92 Å². The van der Waals surface area contributed by atoms with Crippen LogP contribution in [0.15, 0.2) is 30.3 Å². The van der Waals surface area contributed by atoms with Gasteiger partial charge in [0.15, 0.2) is 11.5 Å². The van der Waals surface area contributed by atoms with Gasteiger partial charge in [-0.2, -0.15) is 4.39 Å². The van der Waals surface area contributed by atoms with Crippen molar-refractivity contribution in [3.05, 3.63) is 63.0 Å². The van der Waals surface area contributed by atoms with E-state index in [0.29, 0.717) is 11.5 Å². The number of ether oxygens (including phenoxy) is 2. The molecule has 0 radical (unpaired) electrons. The van der Waals surface area contributed by atoms with E-state index in [-0.39, 0.29) is 12.1 Å². The molecule has 0 N–H and O–H groups in total. The smallest absolute Gasteiger partial charge is 0.305 e. The predicted octanol–water partition coefficient (Wildman–Crippen LogP) is 3.33. The van der Waals surface area contributed by atoms with Crippen LogP contribution in [0.5, 0.6) is 11.5 Å². The Morgan fingerprint density at radius 1 is 1.19 bits per heavy atom. The minimum atomic E-state index is -0.982. The summed E-state index contributed by atoms with van der Waals surface area (Å²) in [4.78, 5) is 23.9. The van der Waals surface area contributed by atoms with Crippen LogP contribution in [0.25, 0.3) is 0 Å². The molecule has 0 aliphatic rings. The van der Waals surface area contributed by atoms with Crippen LogP contribution in [0.2, 0.25) is 0 Å². The van der Waals surface area contributed by atoms with E-state index < -0.39 is 22.3 Å². The van der Waals surface area contributed by atoms with Crippen molar-refractivity contribution in [2.24, 2.45) is 0 Å². The van der Waals surface area contributed by atoms with Gasteiger partial charge >= 0.3 is 5.69 Å². The lowest BCUT2D eigenvalue weighted by molar-refractivity contribution is -0.387. The number of aryl methyl sites for hydroxylation is 1. The van der Waals surface area contributed by atoms with Gasteiger partial charge in [-0.25, -0.2) is 0 Å². The third-order valence-corrected chi connectivity index (χ3v) is 3.99. The zero-order chi connectivity index (χ0) is 19.4. The third-order valence-electron chi connectivity index (χ3n) is 3.99. The molecule has 2 rings (SSSR count). The van der Waals surface area contributed by atoms with E-state index in [1.165, 1.54) is 25.2 Å². The van der Waals surface area contributed by atoms with Gasteiger partial charge in [0.2, 0.25) is 5.82 Å². The van der Waals surface area contributed by atoms with Crippen LogP contribution < -0.4 is 9.47 Å². The molecule has 138 valence electrons. The van der Waals surface area contributed by atoms with Gasteiger partial charge < -0.3 is 14.4 Å². The first-order valence-corrected chi connectivity index (χ1v) is 7.69. The molecule has 8 heteroatoms. The Bertz CT molecular complexity index is 854. The maximum atomic E-state index is 13.4. The number of carbonyl (C=O) groups is 1. The number of methoxy groups -OCH3 is 2. The number of amides is 1. The van der Waals surface area contributed by atoms with E-state index >= 15 is 0 Å². The largest absolute Gasteiger partial charge is 0.493 e. The van der Waals surface area contributed by atoms with E-state index in [0.717, 1.165) is 23.3 Å². The number of nitro benzene ring substituents is 1. The topological polar surface area (TPSA) is 81.9 Å². The van der Waals surface area contributed by atoms with Gasteiger partial charge in [0.25, 0.3) is 5.91 Å². The van der Waals surface area contributed by atoms with Crippen molar-refractivity contribution < 1.29 is 23.6 Å². The molecule has 2 aromatic carbocycles. The molecule has 1 amide bonds. The fourth-order valence-corrected chi connectivity index (χ4v) is 2.53. The Kier molecular flexibility index (Phi) is 5.76. The van der Waals surface area contributed by atoms with Gasteiger partial charge in [-0.05, 0) is 42.3 Å². The van der Waals surface area contributed by atoms with E-state index in [4.69, 9.17) is 9.47 Å². The lowest BCUT2D eigenvalue weighted by atomic mass is 10.1. The molecule has 0 saturated heterocycles. The van der Waals surface area contributed by atoms with Crippen molar-refractivity contribution in [3.8, 4) is 11.5 Å². The highest BCUT2D eigenvalue weighted by Crippen LogP contribution is 2.31. The maximum Gasteiger partial charge on any atom is 0.305 e. The summed E-state index contributed by atoms with van der Waals surface area (Å²) in [6.45, 7) is 2.12. The van der Waals surface area contributed by atoms with Crippen molar-refractivity contribution in [2.75, 3.05) is 21.3 Å². The highest BCUT2D eigenvalue weighted by atomic mass is 19.1. The van der Waals surface area contributed by atoms with Gasteiger partial charge in [-0.3, -0.25) is 14.9 Å². The van der Waals surface area contributed by atoms with Crippen molar-refractivity contribution in [3.63, 3.8) is 0 Å². The normalized spacial score (nSPS) is 10.3. The Morgan fingerprint density at radius 2 is 1.81 bits per heavy atom. The molecule has 0 aliphatic heterocycles. The number of rotatable bonds is 6. The SMILES string of the molecule is COc1cc(C)c(CN(C)C(=O)c2ccc(F)c([N+](=O)[O-])c2)cc1OC. The van der Waals surface area contributed by atoms with E-state index in [1.54, 1.807) is 19.2 Å². The number of nitrogens with zero attached hydrogens (tertiary/aromatic N) is 2. The molecule has 0 saturated carbocycles. The maximum absolute atomic E-state index is 13.4. The van der Waals surface area contributed by atoms with Crippen LogP contribution in [0.1, 0.15) is 21.5 Å². The lowest BCUT2D eigenvalue weighted by Gasteiger charge is -2.20. The molecule has 2 aromatic rings. The molecule has 0 bridgehead atoms. The molecule has 0 heterocycles. The quantitative estimate of drug-likeness (QED) is 0.581. The Labute approximate surface area is 150 Å². The second kappa shape index (κ2) is 7.81. The Morgan fingerprint density at radius 3 is 2.38 bits per heavy atom. The number of hydrogen-bond acceptors (Lipinski definition) is 5. The summed E-state index contributed by atoms with van der Waals surface area (Å²) >= 11 is 0. The number of hydrogen-bond donors (Lipinski definition) is 0. The Balaban J connectivity index is 2.27. The van der Waals surface area contributed by atoms with Crippen LogP contribution in [0.4, 0.5) is 10.1 Å². The average molecular weight is 362 g/mol. The number of benzene rings is 2. The minimum Gasteiger partial charge on any atom is -0.493 e. The average Bonchev–Trinajstić information content (AvgIpc) is 2.62. The summed E-state index contributed by atoms with van der Waals surface area (Å²) < 4.78 is 24.0. The second-order valence-corrected chi connectivity index (χ2v) is 5.72. The summed E-state index contributed by atoms with van der Waals surface area (Å²) in [6, 6.07) is 6.65. The molecule has 0 aliphatic carbocycles. The predicted molar refractivity (Wildman–Crippen MR) is 93.1 cm³/mol. The highest BCUT2D eigenvalue weighted by Gasteiger charge is 2.20. The molecule has 7 nitrogen and oxygen atoms in total. The van der Waals surface area contributed by atoms with Crippen molar-refractivity contribution >= 4 is 11.6 Å². The van der Waals surface area contributed by atoms with Gasteiger partial charge in [0.1, 0.15) is 0 Å². The van der Waals surface area contributed by atoms with Crippen LogP contribution in [-0.2, 0) is 6.54 Å². The van der Waals surface area contributed by atoms with Crippen molar-refractivity contribution in [1.29, 1.82) is 0 Å². The van der Waals surface area contributed by atoms with Gasteiger partial charge in [-0.1, -0.05) is 0 Å². The highest BCUT2D eigenvalue weighted by molar-refractivity contribution is 5.94. The summed E-state index contributed by atoms with van der Waals surface area (Å²) in [6.07, 6.45) is 0. The molecule has 0 spiro atoms. The van der Waals surface area contributed by atoms with Gasteiger partial charge in [0, 0.05) is 25.2 Å². The lowest BCUT2D eigenvalue weighted by Crippen LogP contribution is -2.26. The first-order valence-electron chi connectivity index (χ1n) is 7.69. The minimum absolute atomic E-state index is 0.0405. The summed E-state index contributed by atoms with van der Waals surface area (Å²) in [5.41, 5.74) is 1.03. The van der Waals surface area contributed by atoms with Crippen LogP contribution in [0, 0.1) is 22.9 Å². The monoisotopic (exact) mass is 362 g/mol. The summed E-state index contributed by atoms with van der Waals surface area (Å²) in [5, 5.41) is 10.8. The molecule has 0 unspecified atom stereocenters. The summed E-state index contributed by atoms with van der Waals surface area (Å²) in [7, 11) is 4.62. The molecule has 0 fully saturated rings.